The van der Waals surface area contributed by atoms with Crippen molar-refractivity contribution in [3.8, 4) is 0 Å². The smallest absolute Gasteiger partial charge is 0.0954 e. The summed E-state index contributed by atoms with van der Waals surface area (Å²) in [6.07, 6.45) is 0.918. The number of hydrogen-bond acceptors (Lipinski definition) is 4. The molecule has 0 aliphatic rings. The molecule has 1 N–H and O–H groups in total. The van der Waals surface area contributed by atoms with E-state index in [1.165, 1.54) is 4.70 Å². The maximum atomic E-state index is 12.0. The third-order valence-corrected chi connectivity index (χ3v) is 6.28. The molecule has 1 aromatic carbocycles. The minimum Gasteiger partial charge on any atom is -0.313 e. The standard InChI is InChI=1S/C16H24N2OS2/c1-12(17-9-10-21(19)16(2,3)4)11-15-18-13-7-5-6-8-14(13)20-15/h5-8,12,17H,9-11H2,1-4H3/t12-,21-/m0/s1. The second-order valence-corrected chi connectivity index (χ2v) is 9.74. The molecule has 0 amide bonds. The monoisotopic (exact) mass is 324 g/mol. The van der Waals surface area contributed by atoms with Gasteiger partial charge >= 0.3 is 0 Å². The van der Waals surface area contributed by atoms with Crippen molar-refractivity contribution in [2.24, 2.45) is 0 Å². The first-order valence-electron chi connectivity index (χ1n) is 7.32. The highest BCUT2D eigenvalue weighted by atomic mass is 32.2. The van der Waals surface area contributed by atoms with E-state index >= 15 is 0 Å². The number of thiazole rings is 1. The van der Waals surface area contributed by atoms with Gasteiger partial charge in [-0.1, -0.05) is 12.1 Å². The molecular formula is C16H24N2OS2. The molecule has 1 aromatic heterocycles. The number of benzene rings is 1. The minimum atomic E-state index is -0.788. The van der Waals surface area contributed by atoms with Crippen LogP contribution in [-0.2, 0) is 17.2 Å². The maximum Gasteiger partial charge on any atom is 0.0954 e. The topological polar surface area (TPSA) is 42.0 Å². The molecule has 3 nitrogen and oxygen atoms in total. The fourth-order valence-electron chi connectivity index (χ4n) is 2.05. The van der Waals surface area contributed by atoms with Crippen LogP contribution in [0.5, 0.6) is 0 Å². The molecule has 0 spiro atoms. The van der Waals surface area contributed by atoms with Crippen LogP contribution in [0.1, 0.15) is 32.7 Å². The van der Waals surface area contributed by atoms with Gasteiger partial charge in [-0.2, -0.15) is 0 Å². The molecular weight excluding hydrogens is 300 g/mol. The van der Waals surface area contributed by atoms with Crippen LogP contribution in [0.15, 0.2) is 24.3 Å². The lowest BCUT2D eigenvalue weighted by atomic mass is 10.2. The van der Waals surface area contributed by atoms with Crippen molar-refractivity contribution in [1.29, 1.82) is 0 Å². The number of nitrogens with zero attached hydrogens (tertiary/aromatic N) is 1. The molecule has 2 atom stereocenters. The molecule has 0 saturated heterocycles. The van der Waals surface area contributed by atoms with Crippen LogP contribution in [0.4, 0.5) is 0 Å². The number of aromatic nitrogens is 1. The van der Waals surface area contributed by atoms with Gasteiger partial charge < -0.3 is 5.32 Å². The SMILES string of the molecule is C[C@@H](Cc1nc2ccccc2s1)NCC[S@](=O)C(C)(C)C. The Kier molecular flexibility index (Phi) is 5.52. The van der Waals surface area contributed by atoms with Gasteiger partial charge in [0, 0.05) is 40.3 Å². The normalized spacial score (nSPS) is 15.2. The molecule has 0 saturated carbocycles. The average Bonchev–Trinajstić information content (AvgIpc) is 2.79. The molecule has 0 bridgehead atoms. The van der Waals surface area contributed by atoms with Gasteiger partial charge in [-0.25, -0.2) is 4.98 Å². The molecule has 116 valence electrons. The fourth-order valence-corrected chi connectivity index (χ4v) is 4.06. The third kappa shape index (κ3) is 4.87. The maximum absolute atomic E-state index is 12.0. The van der Waals surface area contributed by atoms with Gasteiger partial charge in [0.25, 0.3) is 0 Å². The van der Waals surface area contributed by atoms with Gasteiger partial charge in [0.1, 0.15) is 0 Å². The second kappa shape index (κ2) is 6.99. The van der Waals surface area contributed by atoms with E-state index in [2.05, 4.69) is 29.4 Å². The van der Waals surface area contributed by atoms with E-state index in [1.807, 2.05) is 32.9 Å². The largest absolute Gasteiger partial charge is 0.313 e. The lowest BCUT2D eigenvalue weighted by Gasteiger charge is -2.19. The zero-order valence-corrected chi connectivity index (χ0v) is 14.8. The number of nitrogens with one attached hydrogen (secondary N) is 1. The number of hydrogen-bond donors (Lipinski definition) is 1. The summed E-state index contributed by atoms with van der Waals surface area (Å²) >= 11 is 1.76. The van der Waals surface area contributed by atoms with Crippen LogP contribution < -0.4 is 5.32 Å². The van der Waals surface area contributed by atoms with Crippen LogP contribution in [0.2, 0.25) is 0 Å². The fraction of sp³-hybridized carbons (Fsp3) is 0.562. The first-order chi connectivity index (χ1) is 9.86. The van der Waals surface area contributed by atoms with Gasteiger partial charge in [-0.15, -0.1) is 11.3 Å². The van der Waals surface area contributed by atoms with E-state index in [-0.39, 0.29) is 4.75 Å². The van der Waals surface area contributed by atoms with E-state index in [0.717, 1.165) is 23.5 Å². The summed E-state index contributed by atoms with van der Waals surface area (Å²) in [6, 6.07) is 8.59. The predicted octanol–water partition coefficient (Wildman–Crippen LogP) is 3.36. The van der Waals surface area contributed by atoms with Crippen molar-refractivity contribution in [1.82, 2.24) is 10.3 Å². The Balaban J connectivity index is 1.82. The summed E-state index contributed by atoms with van der Waals surface area (Å²) in [5, 5.41) is 4.61. The zero-order chi connectivity index (χ0) is 15.5. The van der Waals surface area contributed by atoms with E-state index in [4.69, 9.17) is 0 Å². The van der Waals surface area contributed by atoms with E-state index in [9.17, 15) is 4.21 Å². The molecule has 2 aromatic rings. The second-order valence-electron chi connectivity index (χ2n) is 6.30. The molecule has 0 radical (unpaired) electrons. The predicted molar refractivity (Wildman–Crippen MR) is 93.6 cm³/mol. The quantitative estimate of drug-likeness (QED) is 0.886. The number of para-hydroxylation sites is 1. The van der Waals surface area contributed by atoms with Crippen LogP contribution >= 0.6 is 11.3 Å². The van der Waals surface area contributed by atoms with Gasteiger partial charge in [-0.3, -0.25) is 4.21 Å². The minimum absolute atomic E-state index is 0.127. The van der Waals surface area contributed by atoms with Gasteiger partial charge in [-0.05, 0) is 39.8 Å². The first kappa shape index (κ1) is 16.6. The highest BCUT2D eigenvalue weighted by Gasteiger charge is 2.18. The van der Waals surface area contributed by atoms with Crippen LogP contribution in [-0.4, -0.2) is 32.3 Å². The Hall–Kier alpha value is -0.780. The highest BCUT2D eigenvalue weighted by Crippen LogP contribution is 2.22. The average molecular weight is 325 g/mol. The van der Waals surface area contributed by atoms with Crippen molar-refractivity contribution < 1.29 is 4.21 Å². The van der Waals surface area contributed by atoms with Gasteiger partial charge in [0.05, 0.1) is 15.2 Å². The molecule has 21 heavy (non-hydrogen) atoms. The van der Waals surface area contributed by atoms with Crippen molar-refractivity contribution >= 4 is 32.4 Å². The Morgan fingerprint density at radius 3 is 2.71 bits per heavy atom. The Morgan fingerprint density at radius 2 is 2.05 bits per heavy atom. The Morgan fingerprint density at radius 1 is 1.33 bits per heavy atom. The molecule has 2 rings (SSSR count). The molecule has 0 aliphatic carbocycles. The lowest BCUT2D eigenvalue weighted by Crippen LogP contribution is -2.34. The molecule has 0 unspecified atom stereocenters. The lowest BCUT2D eigenvalue weighted by molar-refractivity contribution is 0.561. The summed E-state index contributed by atoms with van der Waals surface area (Å²) in [5.74, 6) is 0.702. The van der Waals surface area contributed by atoms with E-state index < -0.39 is 10.8 Å². The third-order valence-electron chi connectivity index (χ3n) is 3.28. The summed E-state index contributed by atoms with van der Waals surface area (Å²) in [4.78, 5) is 4.65. The van der Waals surface area contributed by atoms with Crippen molar-refractivity contribution in [3.05, 3.63) is 29.3 Å². The van der Waals surface area contributed by atoms with E-state index in [0.29, 0.717) is 11.8 Å². The molecule has 1 heterocycles. The van der Waals surface area contributed by atoms with Gasteiger partial charge in [0.15, 0.2) is 0 Å². The van der Waals surface area contributed by atoms with Crippen molar-refractivity contribution in [2.45, 2.75) is 44.9 Å². The van der Waals surface area contributed by atoms with Crippen LogP contribution in [0.3, 0.4) is 0 Å². The van der Waals surface area contributed by atoms with E-state index in [1.54, 1.807) is 11.3 Å². The van der Waals surface area contributed by atoms with Crippen LogP contribution in [0, 0.1) is 0 Å². The zero-order valence-electron chi connectivity index (χ0n) is 13.2. The van der Waals surface area contributed by atoms with Crippen LogP contribution in [0.25, 0.3) is 10.2 Å². The molecule has 0 aliphatic heterocycles. The highest BCUT2D eigenvalue weighted by molar-refractivity contribution is 7.86. The summed E-state index contributed by atoms with van der Waals surface area (Å²) in [6.45, 7) is 9.01. The summed E-state index contributed by atoms with van der Waals surface area (Å²) < 4.78 is 13.1. The van der Waals surface area contributed by atoms with Crippen molar-refractivity contribution in [3.63, 3.8) is 0 Å². The number of rotatable bonds is 6. The number of fused-ring (bicyclic) bond motifs is 1. The van der Waals surface area contributed by atoms with Crippen molar-refractivity contribution in [2.75, 3.05) is 12.3 Å². The molecule has 5 heteroatoms. The summed E-state index contributed by atoms with van der Waals surface area (Å²) in [5.41, 5.74) is 1.08. The summed E-state index contributed by atoms with van der Waals surface area (Å²) in [7, 11) is -0.788. The van der Waals surface area contributed by atoms with Gasteiger partial charge in [0.2, 0.25) is 0 Å². The molecule has 0 fully saturated rings. The first-order valence-corrected chi connectivity index (χ1v) is 9.46. The Bertz CT molecular complexity index is 583. The Labute approximate surface area is 133 Å².